The Kier molecular flexibility index (Phi) is 6.85. The largest absolute Gasteiger partial charge is 0.416 e. The molecule has 0 bridgehead atoms. The molecule has 0 saturated carbocycles. The Balaban J connectivity index is 1.47. The lowest BCUT2D eigenvalue weighted by atomic mass is 10.0. The molecule has 0 spiro atoms. The monoisotopic (exact) mass is 674 g/mol. The summed E-state index contributed by atoms with van der Waals surface area (Å²) < 4.78 is 87.1. The number of rotatable bonds is 3. The van der Waals surface area contributed by atoms with Crippen LogP contribution < -0.4 is 0 Å². The first-order chi connectivity index (χ1) is 23.8. The fourth-order valence-electron chi connectivity index (χ4n) is 6.95. The van der Waals surface area contributed by atoms with Crippen molar-refractivity contribution in [3.8, 4) is 28.6 Å². The molecular formula is C40H24F6N4. The predicted octanol–water partition coefficient (Wildman–Crippen LogP) is 11.5. The number of pyridine rings is 1. The number of hydrogen-bond donors (Lipinski definition) is 0. The van der Waals surface area contributed by atoms with Gasteiger partial charge in [0, 0.05) is 45.1 Å². The Hall–Kier alpha value is -6.08. The molecule has 5 aromatic carbocycles. The smallest absolute Gasteiger partial charge is 0.309 e. The normalized spacial score (nSPS) is 12.4. The summed E-state index contributed by atoms with van der Waals surface area (Å²) in [4.78, 5) is 4.41. The second-order valence-corrected chi connectivity index (χ2v) is 12.4. The van der Waals surface area contributed by atoms with Gasteiger partial charge >= 0.3 is 12.4 Å². The Morgan fingerprint density at radius 3 is 1.52 bits per heavy atom. The highest BCUT2D eigenvalue weighted by Gasteiger charge is 2.33. The molecule has 3 aromatic heterocycles. The van der Waals surface area contributed by atoms with Crippen molar-refractivity contribution >= 4 is 43.6 Å². The molecule has 0 atom stereocenters. The van der Waals surface area contributed by atoms with Gasteiger partial charge in [-0.3, -0.25) is 4.98 Å². The second kappa shape index (κ2) is 11.0. The molecule has 0 aliphatic heterocycles. The SMILES string of the molecule is Cc1ccc2c(c1)c1cc(C)ccc1n2-c1cc(C#N)ccc1-c1cnccc1-n1c2ccc(C(F)(F)F)cc2c2cc(C(F)(F)F)ccc21. The Bertz CT molecular complexity index is 2590. The molecule has 246 valence electrons. The van der Waals surface area contributed by atoms with E-state index >= 15 is 0 Å². The van der Waals surface area contributed by atoms with Crippen LogP contribution in [0.3, 0.4) is 0 Å². The van der Waals surface area contributed by atoms with E-state index in [0.717, 1.165) is 57.2 Å². The molecule has 3 heterocycles. The van der Waals surface area contributed by atoms with Gasteiger partial charge in [0.05, 0.1) is 56.2 Å². The van der Waals surface area contributed by atoms with Crippen molar-refractivity contribution in [2.45, 2.75) is 26.2 Å². The average molecular weight is 675 g/mol. The van der Waals surface area contributed by atoms with E-state index in [1.807, 2.05) is 38.1 Å². The van der Waals surface area contributed by atoms with Crippen LogP contribution >= 0.6 is 0 Å². The lowest BCUT2D eigenvalue weighted by Gasteiger charge is -2.18. The van der Waals surface area contributed by atoms with Crippen LogP contribution in [0.4, 0.5) is 26.3 Å². The van der Waals surface area contributed by atoms with E-state index in [4.69, 9.17) is 0 Å². The number of aryl methyl sites for hydroxylation is 2. The number of nitriles is 1. The quantitative estimate of drug-likeness (QED) is 0.175. The van der Waals surface area contributed by atoms with Crippen molar-refractivity contribution in [1.82, 2.24) is 14.1 Å². The predicted molar refractivity (Wildman–Crippen MR) is 183 cm³/mol. The Morgan fingerprint density at radius 1 is 0.540 bits per heavy atom. The fraction of sp³-hybridized carbons (Fsp3) is 0.100. The van der Waals surface area contributed by atoms with E-state index < -0.39 is 23.5 Å². The molecule has 0 aliphatic rings. The van der Waals surface area contributed by atoms with Crippen LogP contribution in [0, 0.1) is 25.2 Å². The zero-order chi connectivity index (χ0) is 35.1. The van der Waals surface area contributed by atoms with Crippen LogP contribution in [0.1, 0.15) is 27.8 Å². The van der Waals surface area contributed by atoms with Crippen molar-refractivity contribution in [1.29, 1.82) is 5.26 Å². The van der Waals surface area contributed by atoms with E-state index in [2.05, 4.69) is 27.8 Å². The molecule has 8 rings (SSSR count). The molecule has 0 aliphatic carbocycles. The third kappa shape index (κ3) is 4.88. The van der Waals surface area contributed by atoms with Crippen LogP contribution in [0.5, 0.6) is 0 Å². The highest BCUT2D eigenvalue weighted by atomic mass is 19.4. The third-order valence-corrected chi connectivity index (χ3v) is 9.19. The number of nitrogens with zero attached hydrogens (tertiary/aromatic N) is 4. The minimum absolute atomic E-state index is 0.0249. The van der Waals surface area contributed by atoms with E-state index in [1.54, 1.807) is 35.0 Å². The summed E-state index contributed by atoms with van der Waals surface area (Å²) in [6.07, 6.45) is -6.26. The van der Waals surface area contributed by atoms with Crippen molar-refractivity contribution in [3.05, 3.63) is 137 Å². The second-order valence-electron chi connectivity index (χ2n) is 12.4. The van der Waals surface area contributed by atoms with Gasteiger partial charge in [-0.05, 0) is 92.7 Å². The number of halogens is 6. The highest BCUT2D eigenvalue weighted by molar-refractivity contribution is 6.12. The molecule has 0 radical (unpaired) electrons. The zero-order valence-corrected chi connectivity index (χ0v) is 26.4. The van der Waals surface area contributed by atoms with Crippen molar-refractivity contribution < 1.29 is 26.3 Å². The molecule has 0 unspecified atom stereocenters. The van der Waals surface area contributed by atoms with Crippen molar-refractivity contribution in [3.63, 3.8) is 0 Å². The number of aromatic nitrogens is 3. The molecular weight excluding hydrogens is 650 g/mol. The summed E-state index contributed by atoms with van der Waals surface area (Å²) >= 11 is 0. The van der Waals surface area contributed by atoms with Gasteiger partial charge in [-0.1, -0.05) is 29.3 Å². The molecule has 0 N–H and O–H groups in total. The highest BCUT2D eigenvalue weighted by Crippen LogP contribution is 2.43. The van der Waals surface area contributed by atoms with E-state index in [-0.39, 0.29) is 21.8 Å². The van der Waals surface area contributed by atoms with Gasteiger partial charge in [0.25, 0.3) is 0 Å². The first-order valence-corrected chi connectivity index (χ1v) is 15.6. The van der Waals surface area contributed by atoms with Crippen LogP contribution in [0.25, 0.3) is 66.1 Å². The summed E-state index contributed by atoms with van der Waals surface area (Å²) in [6, 6.07) is 27.7. The first kappa shape index (κ1) is 31.2. The lowest BCUT2D eigenvalue weighted by Crippen LogP contribution is -2.05. The topological polar surface area (TPSA) is 46.5 Å². The maximum atomic E-state index is 13.9. The molecule has 8 aromatic rings. The summed E-state index contributed by atoms with van der Waals surface area (Å²) in [7, 11) is 0. The Morgan fingerprint density at radius 2 is 1.02 bits per heavy atom. The summed E-state index contributed by atoms with van der Waals surface area (Å²) in [5.41, 5.74) is 5.34. The lowest BCUT2D eigenvalue weighted by molar-refractivity contribution is -0.138. The van der Waals surface area contributed by atoms with Gasteiger partial charge in [-0.25, -0.2) is 0 Å². The van der Waals surface area contributed by atoms with Crippen LogP contribution in [-0.2, 0) is 12.4 Å². The van der Waals surface area contributed by atoms with E-state index in [9.17, 15) is 31.6 Å². The van der Waals surface area contributed by atoms with Crippen molar-refractivity contribution in [2.75, 3.05) is 0 Å². The summed E-state index contributed by atoms with van der Waals surface area (Å²) in [6.45, 7) is 4.03. The minimum atomic E-state index is -4.71. The van der Waals surface area contributed by atoms with Gasteiger partial charge in [0.2, 0.25) is 0 Å². The number of fused-ring (bicyclic) bond motifs is 6. The molecule has 0 fully saturated rings. The van der Waals surface area contributed by atoms with Gasteiger partial charge in [0.1, 0.15) is 0 Å². The number of hydrogen-bond acceptors (Lipinski definition) is 2. The van der Waals surface area contributed by atoms with E-state index in [1.165, 1.54) is 18.3 Å². The van der Waals surface area contributed by atoms with Gasteiger partial charge in [-0.2, -0.15) is 31.6 Å². The molecule has 0 saturated heterocycles. The summed E-state index contributed by atoms with van der Waals surface area (Å²) in [5.74, 6) is 0. The molecule has 4 nitrogen and oxygen atoms in total. The zero-order valence-electron chi connectivity index (χ0n) is 26.4. The number of alkyl halides is 6. The van der Waals surface area contributed by atoms with Crippen LogP contribution in [-0.4, -0.2) is 14.1 Å². The minimum Gasteiger partial charge on any atom is -0.309 e. The standard InChI is InChI=1S/C40H24F6N4/c1-22-3-9-33-28(15-22)29-16-23(2)4-10-34(29)50(33)38-17-24(20-47)5-8-27(38)32-21-48-14-13-37(32)49-35-11-6-25(39(41,42)43)18-30(35)31-19-26(40(44,45)46)7-12-36(31)49/h3-19,21H,1-2H3. The molecule has 0 amide bonds. The number of benzene rings is 5. The third-order valence-electron chi connectivity index (χ3n) is 9.19. The van der Waals surface area contributed by atoms with Gasteiger partial charge in [-0.15, -0.1) is 0 Å². The van der Waals surface area contributed by atoms with Gasteiger partial charge in [0.15, 0.2) is 0 Å². The van der Waals surface area contributed by atoms with Crippen LogP contribution in [0.15, 0.2) is 109 Å². The van der Waals surface area contributed by atoms with Crippen molar-refractivity contribution in [2.24, 2.45) is 0 Å². The maximum absolute atomic E-state index is 13.9. The van der Waals surface area contributed by atoms with Gasteiger partial charge < -0.3 is 9.13 Å². The van der Waals surface area contributed by atoms with E-state index in [0.29, 0.717) is 28.1 Å². The Labute approximate surface area is 281 Å². The van der Waals surface area contributed by atoms with Crippen LogP contribution in [0.2, 0.25) is 0 Å². The maximum Gasteiger partial charge on any atom is 0.416 e. The average Bonchev–Trinajstić information content (AvgIpc) is 3.58. The first-order valence-electron chi connectivity index (χ1n) is 15.6. The molecule has 50 heavy (non-hydrogen) atoms. The fourth-order valence-corrected chi connectivity index (χ4v) is 6.95. The molecule has 10 heteroatoms. The summed E-state index contributed by atoms with van der Waals surface area (Å²) in [5, 5.41) is 12.1.